The molecule has 0 atom stereocenters. The van der Waals surface area contributed by atoms with Gasteiger partial charge in [0.1, 0.15) is 0 Å². The van der Waals surface area contributed by atoms with Crippen LogP contribution in [0, 0.1) is 35.6 Å². The Labute approximate surface area is 74.3 Å². The van der Waals surface area contributed by atoms with E-state index in [2.05, 4.69) is 0 Å². The molecular formula is H8LaO4Si2. The molecule has 7 heteroatoms. The third kappa shape index (κ3) is 104. The summed E-state index contributed by atoms with van der Waals surface area (Å²) in [5, 5.41) is 0. The smallest absolute Gasteiger partial charge is 0.368 e. The Morgan fingerprint density at radius 2 is 0.857 bits per heavy atom. The fourth-order valence-electron chi connectivity index (χ4n) is 0. The molecule has 0 aliphatic carbocycles. The van der Waals surface area contributed by atoms with Crippen LogP contribution < -0.4 is 0 Å². The predicted octanol–water partition coefficient (Wildman–Crippen LogP) is -4.06. The summed E-state index contributed by atoms with van der Waals surface area (Å²) in [6.07, 6.45) is 0. The first-order valence-electron chi connectivity index (χ1n) is 0.894. The SMILES string of the molecule is O[Si](O)(O)O.[La].[SiH4]. The van der Waals surface area contributed by atoms with Crippen LogP contribution in [0.25, 0.3) is 0 Å². The second kappa shape index (κ2) is 5.60. The molecule has 0 aromatic carbocycles. The third-order valence-corrected chi connectivity index (χ3v) is 0. The zero-order valence-electron chi connectivity index (χ0n) is 2.87. The summed E-state index contributed by atoms with van der Waals surface area (Å²) >= 11 is 0. The largest absolute Gasteiger partial charge is 0.668 e. The molecule has 43 valence electrons. The summed E-state index contributed by atoms with van der Waals surface area (Å²) in [5.41, 5.74) is 0. The van der Waals surface area contributed by atoms with Crippen LogP contribution in [0.1, 0.15) is 0 Å². The molecule has 4 N–H and O–H groups in total. The summed E-state index contributed by atoms with van der Waals surface area (Å²) in [7, 11) is -4.61. The summed E-state index contributed by atoms with van der Waals surface area (Å²) in [6, 6.07) is 0. The molecule has 0 aliphatic rings. The zero-order valence-corrected chi connectivity index (χ0v) is 7.49. The van der Waals surface area contributed by atoms with Crippen LogP contribution >= 0.6 is 0 Å². The van der Waals surface area contributed by atoms with Gasteiger partial charge in [-0.1, -0.05) is 0 Å². The zero-order chi connectivity index (χ0) is 4.50. The van der Waals surface area contributed by atoms with Crippen molar-refractivity contribution in [3.63, 3.8) is 0 Å². The van der Waals surface area contributed by atoms with Crippen molar-refractivity contribution >= 4 is 20.0 Å². The molecular weight excluding hydrogens is 259 g/mol. The van der Waals surface area contributed by atoms with Crippen LogP contribution in [0.15, 0.2) is 0 Å². The summed E-state index contributed by atoms with van der Waals surface area (Å²) in [5.74, 6) is 0. The van der Waals surface area contributed by atoms with Gasteiger partial charge in [-0.05, 0) is 11.0 Å². The molecule has 0 aromatic heterocycles. The maximum Gasteiger partial charge on any atom is 0.668 e. The standard InChI is InChI=1S/La.H4O4Si.H4Si/c;1-5(2,3)4;/h;1-4H;1H4. The van der Waals surface area contributed by atoms with E-state index in [4.69, 9.17) is 19.2 Å². The minimum absolute atomic E-state index is 0. The van der Waals surface area contributed by atoms with Crippen LogP contribution in [0.5, 0.6) is 0 Å². The van der Waals surface area contributed by atoms with Gasteiger partial charge in [-0.2, -0.15) is 0 Å². The van der Waals surface area contributed by atoms with Gasteiger partial charge in [0, 0.05) is 35.6 Å². The monoisotopic (exact) mass is 267 g/mol. The quantitative estimate of drug-likeness (QED) is 0.337. The molecule has 0 aromatic rings. The van der Waals surface area contributed by atoms with Crippen molar-refractivity contribution in [2.45, 2.75) is 0 Å². The molecule has 0 heterocycles. The van der Waals surface area contributed by atoms with Crippen LogP contribution in [0.2, 0.25) is 0 Å². The van der Waals surface area contributed by atoms with Gasteiger partial charge in [-0.25, -0.2) is 0 Å². The van der Waals surface area contributed by atoms with E-state index in [0.717, 1.165) is 0 Å². The molecule has 0 amide bonds. The van der Waals surface area contributed by atoms with Gasteiger partial charge in [0.15, 0.2) is 0 Å². The first kappa shape index (κ1) is 15.8. The number of hydrogen-bond donors (Lipinski definition) is 4. The molecule has 0 bridgehead atoms. The maximum atomic E-state index is 7.33. The van der Waals surface area contributed by atoms with Crippen LogP contribution in [-0.2, 0) is 0 Å². The van der Waals surface area contributed by atoms with E-state index < -0.39 is 9.05 Å². The van der Waals surface area contributed by atoms with Crippen molar-refractivity contribution in [1.29, 1.82) is 0 Å². The van der Waals surface area contributed by atoms with Gasteiger partial charge < -0.3 is 19.2 Å². The third-order valence-electron chi connectivity index (χ3n) is 0. The second-order valence-corrected chi connectivity index (χ2v) is 1.80. The van der Waals surface area contributed by atoms with Crippen LogP contribution in [0.3, 0.4) is 0 Å². The Balaban J connectivity index is -0.0000000800. The fourth-order valence-corrected chi connectivity index (χ4v) is 0. The first-order valence-corrected chi connectivity index (χ1v) is 2.68. The normalized spacial score (nSPS) is 8.57. The molecule has 0 aliphatic heterocycles. The minimum Gasteiger partial charge on any atom is -0.368 e. The first-order chi connectivity index (χ1) is 2.00. The van der Waals surface area contributed by atoms with Crippen molar-refractivity contribution in [1.82, 2.24) is 0 Å². The topological polar surface area (TPSA) is 80.9 Å². The molecule has 0 fully saturated rings. The molecule has 0 rings (SSSR count). The van der Waals surface area contributed by atoms with E-state index in [-0.39, 0.29) is 46.6 Å². The Morgan fingerprint density at radius 1 is 0.857 bits per heavy atom. The van der Waals surface area contributed by atoms with E-state index in [1.54, 1.807) is 0 Å². The maximum absolute atomic E-state index is 7.33. The van der Waals surface area contributed by atoms with Crippen molar-refractivity contribution in [2.75, 3.05) is 0 Å². The fraction of sp³-hybridized carbons (Fsp3) is 0. The molecule has 0 unspecified atom stereocenters. The van der Waals surface area contributed by atoms with Gasteiger partial charge in [-0.3, -0.25) is 0 Å². The van der Waals surface area contributed by atoms with E-state index in [1.165, 1.54) is 0 Å². The molecule has 0 saturated carbocycles. The van der Waals surface area contributed by atoms with Crippen molar-refractivity contribution < 1.29 is 54.8 Å². The van der Waals surface area contributed by atoms with Gasteiger partial charge in [0.2, 0.25) is 0 Å². The average molecular weight is 267 g/mol. The van der Waals surface area contributed by atoms with Crippen molar-refractivity contribution in [3.05, 3.63) is 0 Å². The Bertz CT molecular complexity index is 25.2. The molecule has 0 saturated heterocycles. The number of rotatable bonds is 0. The van der Waals surface area contributed by atoms with Gasteiger partial charge in [-0.15, -0.1) is 0 Å². The van der Waals surface area contributed by atoms with Gasteiger partial charge in [0.05, 0.1) is 0 Å². The summed E-state index contributed by atoms with van der Waals surface area (Å²) in [6.45, 7) is 0. The van der Waals surface area contributed by atoms with Crippen LogP contribution in [0.4, 0.5) is 0 Å². The van der Waals surface area contributed by atoms with Crippen molar-refractivity contribution in [2.24, 2.45) is 0 Å². The van der Waals surface area contributed by atoms with Gasteiger partial charge in [0.25, 0.3) is 0 Å². The van der Waals surface area contributed by atoms with E-state index in [9.17, 15) is 0 Å². The van der Waals surface area contributed by atoms with E-state index >= 15 is 0 Å². The molecule has 0 spiro atoms. The Morgan fingerprint density at radius 3 is 0.857 bits per heavy atom. The van der Waals surface area contributed by atoms with E-state index in [1.807, 2.05) is 0 Å². The Kier molecular flexibility index (Phi) is 12.6. The number of hydrogen-bond acceptors (Lipinski definition) is 4. The molecule has 1 radical (unpaired) electrons. The van der Waals surface area contributed by atoms with Crippen molar-refractivity contribution in [3.8, 4) is 0 Å². The molecule has 4 nitrogen and oxygen atoms in total. The Hall–Kier alpha value is 1.47. The summed E-state index contributed by atoms with van der Waals surface area (Å²) < 4.78 is 0. The predicted molar refractivity (Wildman–Crippen MR) is 26.0 cm³/mol. The second-order valence-electron chi connectivity index (χ2n) is 0.600. The minimum atomic E-state index is -4.61. The average Bonchev–Trinajstić information content (AvgIpc) is 0.722. The summed E-state index contributed by atoms with van der Waals surface area (Å²) in [4.78, 5) is 29.3. The van der Waals surface area contributed by atoms with Crippen LogP contribution in [-0.4, -0.2) is 39.2 Å². The van der Waals surface area contributed by atoms with E-state index in [0.29, 0.717) is 0 Å². The molecule has 7 heavy (non-hydrogen) atoms. The van der Waals surface area contributed by atoms with Gasteiger partial charge >= 0.3 is 9.05 Å².